The van der Waals surface area contributed by atoms with E-state index in [0.29, 0.717) is 29.5 Å². The van der Waals surface area contributed by atoms with Crippen LogP contribution in [0.1, 0.15) is 41.1 Å². The van der Waals surface area contributed by atoms with Crippen LogP contribution < -0.4 is 5.43 Å². The van der Waals surface area contributed by atoms with Crippen LogP contribution >= 0.6 is 0 Å². The van der Waals surface area contributed by atoms with E-state index < -0.39 is 11.9 Å². The maximum Gasteiger partial charge on any atom is 0.290 e. The molecule has 1 aliphatic heterocycles. The van der Waals surface area contributed by atoms with Crippen molar-refractivity contribution in [3.05, 3.63) is 81.5 Å². The van der Waals surface area contributed by atoms with Crippen LogP contribution in [0.3, 0.4) is 0 Å². The number of amides is 1. The zero-order chi connectivity index (χ0) is 17.6. The molecule has 1 aromatic heterocycles. The molecule has 1 amide bonds. The summed E-state index contributed by atoms with van der Waals surface area (Å²) in [6.07, 6.45) is 0.693. The second kappa shape index (κ2) is 5.84. The minimum atomic E-state index is -0.760. The molecule has 1 aliphatic rings. The zero-order valence-electron chi connectivity index (χ0n) is 13.7. The van der Waals surface area contributed by atoms with Gasteiger partial charge in [-0.2, -0.15) is 0 Å². The molecule has 126 valence electrons. The summed E-state index contributed by atoms with van der Waals surface area (Å²) in [7, 11) is 0. The molecule has 0 bridgehead atoms. The number of halogens is 1. The fourth-order valence-electron chi connectivity index (χ4n) is 3.46. The quantitative estimate of drug-likeness (QED) is 0.728. The lowest BCUT2D eigenvalue weighted by atomic mass is 9.98. The standard InChI is InChI=1S/C20H16FNO3/c1-2-11-22-17(12-7-3-5-9-14(12)21)16-18(23)13-8-4-6-10-15(13)25-19(16)20(22)24/h3-10,17H,2,11H2,1H3/t17-/m0/s1. The summed E-state index contributed by atoms with van der Waals surface area (Å²) in [5.74, 6) is -0.792. The van der Waals surface area contributed by atoms with E-state index in [0.717, 1.165) is 0 Å². The Balaban J connectivity index is 2.04. The molecule has 4 rings (SSSR count). The summed E-state index contributed by atoms with van der Waals surface area (Å²) in [5.41, 5.74) is 0.621. The van der Waals surface area contributed by atoms with Gasteiger partial charge in [0.25, 0.3) is 5.91 Å². The van der Waals surface area contributed by atoms with Crippen molar-refractivity contribution < 1.29 is 13.6 Å². The van der Waals surface area contributed by atoms with E-state index in [4.69, 9.17) is 4.42 Å². The first kappa shape index (κ1) is 15.6. The lowest BCUT2D eigenvalue weighted by Crippen LogP contribution is -2.30. The topological polar surface area (TPSA) is 50.5 Å². The van der Waals surface area contributed by atoms with E-state index in [-0.39, 0.29) is 22.7 Å². The van der Waals surface area contributed by atoms with Gasteiger partial charge >= 0.3 is 0 Å². The zero-order valence-corrected chi connectivity index (χ0v) is 13.7. The van der Waals surface area contributed by atoms with Crippen LogP contribution in [0.4, 0.5) is 4.39 Å². The second-order valence-electron chi connectivity index (χ2n) is 6.09. The third-order valence-electron chi connectivity index (χ3n) is 4.54. The summed E-state index contributed by atoms with van der Waals surface area (Å²) >= 11 is 0. The molecule has 0 N–H and O–H groups in total. The number of carbonyl (C=O) groups is 1. The molecule has 0 fully saturated rings. The molecule has 0 unspecified atom stereocenters. The predicted molar refractivity (Wildman–Crippen MR) is 92.1 cm³/mol. The first-order chi connectivity index (χ1) is 12.1. The van der Waals surface area contributed by atoms with Gasteiger partial charge in [-0.25, -0.2) is 4.39 Å². The number of hydrogen-bond donors (Lipinski definition) is 0. The lowest BCUT2D eigenvalue weighted by Gasteiger charge is -2.24. The molecule has 4 nitrogen and oxygen atoms in total. The van der Waals surface area contributed by atoms with E-state index >= 15 is 0 Å². The van der Waals surface area contributed by atoms with Crippen LogP contribution in [-0.2, 0) is 0 Å². The van der Waals surface area contributed by atoms with Gasteiger partial charge < -0.3 is 9.32 Å². The van der Waals surface area contributed by atoms with Gasteiger partial charge in [-0.15, -0.1) is 0 Å². The molecule has 0 spiro atoms. The normalized spacial score (nSPS) is 16.5. The first-order valence-electron chi connectivity index (χ1n) is 8.24. The van der Waals surface area contributed by atoms with Gasteiger partial charge in [-0.05, 0) is 24.6 Å². The summed E-state index contributed by atoms with van der Waals surface area (Å²) < 4.78 is 20.2. The molecule has 0 radical (unpaired) electrons. The first-order valence-corrected chi connectivity index (χ1v) is 8.24. The van der Waals surface area contributed by atoms with Gasteiger partial charge in [-0.1, -0.05) is 37.3 Å². The van der Waals surface area contributed by atoms with Crippen molar-refractivity contribution in [3.8, 4) is 0 Å². The third-order valence-corrected chi connectivity index (χ3v) is 4.54. The highest BCUT2D eigenvalue weighted by molar-refractivity contribution is 5.99. The van der Waals surface area contributed by atoms with Crippen LogP contribution in [0.25, 0.3) is 11.0 Å². The van der Waals surface area contributed by atoms with E-state index in [2.05, 4.69) is 0 Å². The molecule has 25 heavy (non-hydrogen) atoms. The van der Waals surface area contributed by atoms with Gasteiger partial charge in [0.05, 0.1) is 17.0 Å². The van der Waals surface area contributed by atoms with Crippen molar-refractivity contribution in [2.75, 3.05) is 6.54 Å². The Bertz CT molecular complexity index is 1040. The van der Waals surface area contributed by atoms with Gasteiger partial charge in [0.1, 0.15) is 11.4 Å². The maximum absolute atomic E-state index is 14.5. The molecule has 0 saturated heterocycles. The highest BCUT2D eigenvalue weighted by atomic mass is 19.1. The Kier molecular flexibility index (Phi) is 3.64. The van der Waals surface area contributed by atoms with E-state index in [1.165, 1.54) is 11.0 Å². The number of benzene rings is 2. The van der Waals surface area contributed by atoms with E-state index in [9.17, 15) is 14.0 Å². The maximum atomic E-state index is 14.5. The summed E-state index contributed by atoms with van der Waals surface area (Å²) in [4.78, 5) is 27.4. The number of hydrogen-bond acceptors (Lipinski definition) is 3. The highest BCUT2D eigenvalue weighted by Gasteiger charge is 2.43. The Morgan fingerprint density at radius 1 is 1.08 bits per heavy atom. The molecule has 1 atom stereocenters. The number of rotatable bonds is 3. The molecule has 2 heterocycles. The minimum Gasteiger partial charge on any atom is -0.450 e. The Labute approximate surface area is 143 Å². The van der Waals surface area contributed by atoms with Crippen molar-refractivity contribution in [1.29, 1.82) is 0 Å². The van der Waals surface area contributed by atoms with Crippen molar-refractivity contribution in [3.63, 3.8) is 0 Å². The predicted octanol–water partition coefficient (Wildman–Crippen LogP) is 3.89. The molecule has 0 aliphatic carbocycles. The lowest BCUT2D eigenvalue weighted by molar-refractivity contribution is 0.0726. The average Bonchev–Trinajstić information content (AvgIpc) is 2.89. The van der Waals surface area contributed by atoms with E-state index in [1.54, 1.807) is 42.5 Å². The number of carbonyl (C=O) groups excluding carboxylic acids is 1. The molecule has 3 aromatic rings. The van der Waals surface area contributed by atoms with Crippen LogP contribution in [0.2, 0.25) is 0 Å². The number of nitrogens with zero attached hydrogens (tertiary/aromatic N) is 1. The highest BCUT2D eigenvalue weighted by Crippen LogP contribution is 2.38. The average molecular weight is 337 g/mol. The molecule has 0 saturated carbocycles. The molecular weight excluding hydrogens is 321 g/mol. The fraction of sp³-hybridized carbons (Fsp3) is 0.200. The van der Waals surface area contributed by atoms with Crippen LogP contribution in [0, 0.1) is 5.82 Å². The van der Waals surface area contributed by atoms with Crippen molar-refractivity contribution in [1.82, 2.24) is 4.90 Å². The Morgan fingerprint density at radius 3 is 2.56 bits per heavy atom. The third kappa shape index (κ3) is 2.27. The minimum absolute atomic E-state index is 0.0189. The molecular formula is C20H16FNO3. The molecule has 5 heteroatoms. The summed E-state index contributed by atoms with van der Waals surface area (Å²) in [6, 6.07) is 12.3. The van der Waals surface area contributed by atoms with Crippen LogP contribution in [0.5, 0.6) is 0 Å². The largest absolute Gasteiger partial charge is 0.450 e. The fourth-order valence-corrected chi connectivity index (χ4v) is 3.46. The molecule has 2 aromatic carbocycles. The van der Waals surface area contributed by atoms with Gasteiger partial charge in [-0.3, -0.25) is 9.59 Å². The number of para-hydroxylation sites is 1. The van der Waals surface area contributed by atoms with Gasteiger partial charge in [0.15, 0.2) is 5.43 Å². The van der Waals surface area contributed by atoms with Crippen molar-refractivity contribution in [2.24, 2.45) is 0 Å². The summed E-state index contributed by atoms with van der Waals surface area (Å²) in [6.45, 7) is 2.35. The van der Waals surface area contributed by atoms with Crippen LogP contribution in [-0.4, -0.2) is 17.4 Å². The number of fused-ring (bicyclic) bond motifs is 2. The van der Waals surface area contributed by atoms with Crippen molar-refractivity contribution in [2.45, 2.75) is 19.4 Å². The van der Waals surface area contributed by atoms with E-state index in [1.807, 2.05) is 6.92 Å². The van der Waals surface area contributed by atoms with Crippen LogP contribution in [0.15, 0.2) is 57.7 Å². The van der Waals surface area contributed by atoms with Gasteiger partial charge in [0, 0.05) is 12.1 Å². The monoisotopic (exact) mass is 337 g/mol. The summed E-state index contributed by atoms with van der Waals surface area (Å²) in [5, 5.41) is 0.397. The van der Waals surface area contributed by atoms with Gasteiger partial charge in [0.2, 0.25) is 5.76 Å². The Hall–Kier alpha value is -2.95. The smallest absolute Gasteiger partial charge is 0.290 e. The Morgan fingerprint density at radius 2 is 1.80 bits per heavy atom. The second-order valence-corrected chi connectivity index (χ2v) is 6.09. The van der Waals surface area contributed by atoms with Crippen molar-refractivity contribution >= 4 is 16.9 Å². The SMILES string of the molecule is CCCN1C(=O)c2oc3ccccc3c(=O)c2[C@@H]1c1ccccc1F.